The van der Waals surface area contributed by atoms with Gasteiger partial charge in [-0.2, -0.15) is 0 Å². The van der Waals surface area contributed by atoms with Crippen molar-refractivity contribution in [1.82, 2.24) is 5.32 Å². The molecule has 2 aromatic carbocycles. The van der Waals surface area contributed by atoms with Crippen LogP contribution in [0.15, 0.2) is 65.1 Å². The van der Waals surface area contributed by atoms with E-state index in [2.05, 4.69) is 34.7 Å². The van der Waals surface area contributed by atoms with E-state index < -0.39 is 0 Å². The Labute approximate surface area is 150 Å². The van der Waals surface area contributed by atoms with Gasteiger partial charge in [0.15, 0.2) is 12.4 Å². The molecule has 1 amide bonds. The number of hydrogen-bond donors (Lipinski definition) is 2. The average molecular weight is 353 g/mol. The number of oxime groups is 1. The van der Waals surface area contributed by atoms with Crippen LogP contribution in [0.2, 0.25) is 0 Å². The second-order valence-corrected chi connectivity index (χ2v) is 6.57. The minimum absolute atomic E-state index is 0.126. The van der Waals surface area contributed by atoms with E-state index in [1.807, 2.05) is 42.6 Å². The summed E-state index contributed by atoms with van der Waals surface area (Å²) >= 11 is 1.46. The minimum atomic E-state index is -0.247. The van der Waals surface area contributed by atoms with E-state index in [1.165, 1.54) is 16.7 Å². The van der Waals surface area contributed by atoms with E-state index in [1.54, 1.807) is 0 Å². The van der Waals surface area contributed by atoms with Crippen molar-refractivity contribution < 1.29 is 9.63 Å². The first-order chi connectivity index (χ1) is 12.1. The smallest absolute Gasteiger partial charge is 0.261 e. The van der Waals surface area contributed by atoms with Crippen molar-refractivity contribution in [3.63, 3.8) is 0 Å². The largest absolute Gasteiger partial charge is 0.384 e. The summed E-state index contributed by atoms with van der Waals surface area (Å²) in [5.41, 5.74) is 6.81. The molecule has 3 N–H and O–H groups in total. The van der Waals surface area contributed by atoms with Crippen LogP contribution in [0.4, 0.5) is 0 Å². The Morgan fingerprint density at radius 1 is 1.20 bits per heavy atom. The number of rotatable bonds is 6. The molecule has 3 rings (SSSR count). The second-order valence-electron chi connectivity index (χ2n) is 5.62. The number of carbonyl (C=O) groups is 1. The van der Waals surface area contributed by atoms with E-state index in [0.717, 1.165) is 15.8 Å². The molecule has 5 nitrogen and oxygen atoms in total. The first kappa shape index (κ1) is 17.0. The molecule has 1 unspecified atom stereocenters. The maximum absolute atomic E-state index is 12.0. The summed E-state index contributed by atoms with van der Waals surface area (Å²) in [6, 6.07) is 17.9. The lowest BCUT2D eigenvalue weighted by atomic mass is 10.0. The van der Waals surface area contributed by atoms with Crippen molar-refractivity contribution >= 4 is 33.9 Å². The third kappa shape index (κ3) is 4.36. The fourth-order valence-corrected chi connectivity index (χ4v) is 3.09. The normalized spacial score (nSPS) is 12.8. The highest BCUT2D eigenvalue weighted by atomic mass is 32.1. The topological polar surface area (TPSA) is 76.7 Å². The number of thiophene rings is 1. The van der Waals surface area contributed by atoms with Gasteiger partial charge in [-0.3, -0.25) is 4.79 Å². The fourth-order valence-electron chi connectivity index (χ4n) is 2.47. The highest BCUT2D eigenvalue weighted by molar-refractivity contribution is 7.12. The number of nitrogens with one attached hydrogen (secondary N) is 1. The Morgan fingerprint density at radius 3 is 2.76 bits per heavy atom. The maximum Gasteiger partial charge on any atom is 0.261 e. The predicted molar refractivity (Wildman–Crippen MR) is 102 cm³/mol. The molecule has 0 aliphatic carbocycles. The van der Waals surface area contributed by atoms with Crippen LogP contribution in [0, 0.1) is 0 Å². The summed E-state index contributed by atoms with van der Waals surface area (Å²) in [4.78, 5) is 17.9. The van der Waals surface area contributed by atoms with E-state index in [0.29, 0.717) is 0 Å². The quantitative estimate of drug-likeness (QED) is 0.405. The predicted octanol–water partition coefficient (Wildman–Crippen LogP) is 3.42. The van der Waals surface area contributed by atoms with Crippen LogP contribution in [-0.2, 0) is 9.63 Å². The van der Waals surface area contributed by atoms with Gasteiger partial charge in [0.05, 0.1) is 10.9 Å². The lowest BCUT2D eigenvalue weighted by molar-refractivity contribution is -0.126. The summed E-state index contributed by atoms with van der Waals surface area (Å²) in [7, 11) is 0. The van der Waals surface area contributed by atoms with Gasteiger partial charge in [0, 0.05) is 0 Å². The molecule has 6 heteroatoms. The SMILES string of the molecule is CC(NC(=O)CO/N=C(/N)c1cccs1)c1ccc2ccccc2c1. The summed E-state index contributed by atoms with van der Waals surface area (Å²) in [5.74, 6) is 0.0220. The molecule has 0 fully saturated rings. The van der Waals surface area contributed by atoms with E-state index in [9.17, 15) is 4.79 Å². The first-order valence-corrected chi connectivity index (χ1v) is 8.79. The molecular weight excluding hydrogens is 334 g/mol. The Hall–Kier alpha value is -2.86. The van der Waals surface area contributed by atoms with E-state index in [4.69, 9.17) is 10.6 Å². The molecule has 3 aromatic rings. The molecule has 1 atom stereocenters. The van der Waals surface area contributed by atoms with Crippen molar-refractivity contribution in [3.8, 4) is 0 Å². The Morgan fingerprint density at radius 2 is 2.00 bits per heavy atom. The number of fused-ring (bicyclic) bond motifs is 1. The van der Waals surface area contributed by atoms with Gasteiger partial charge < -0.3 is 15.9 Å². The second kappa shape index (κ2) is 7.81. The summed E-state index contributed by atoms with van der Waals surface area (Å²) < 4.78 is 0. The molecule has 1 heterocycles. The van der Waals surface area contributed by atoms with Gasteiger partial charge in [-0.05, 0) is 40.8 Å². The maximum atomic E-state index is 12.0. The van der Waals surface area contributed by atoms with Crippen LogP contribution >= 0.6 is 11.3 Å². The molecular formula is C19H19N3O2S. The van der Waals surface area contributed by atoms with Crippen molar-refractivity contribution in [1.29, 1.82) is 0 Å². The zero-order valence-corrected chi connectivity index (χ0v) is 14.6. The molecule has 0 radical (unpaired) electrons. The van der Waals surface area contributed by atoms with Crippen LogP contribution in [0.3, 0.4) is 0 Å². The van der Waals surface area contributed by atoms with Gasteiger partial charge in [-0.15, -0.1) is 11.3 Å². The van der Waals surface area contributed by atoms with Crippen molar-refractivity contribution in [3.05, 3.63) is 70.4 Å². The third-order valence-electron chi connectivity index (χ3n) is 3.78. The van der Waals surface area contributed by atoms with Gasteiger partial charge in [0.25, 0.3) is 5.91 Å². The summed E-state index contributed by atoms with van der Waals surface area (Å²) in [5, 5.41) is 10.9. The number of nitrogens with two attached hydrogens (primary N) is 1. The Kier molecular flexibility index (Phi) is 5.30. The summed E-state index contributed by atoms with van der Waals surface area (Å²) in [6.45, 7) is 1.76. The average Bonchev–Trinajstić information content (AvgIpc) is 3.16. The molecule has 0 saturated heterocycles. The van der Waals surface area contributed by atoms with Crippen LogP contribution in [-0.4, -0.2) is 18.3 Å². The molecule has 1 aromatic heterocycles. The molecule has 25 heavy (non-hydrogen) atoms. The third-order valence-corrected chi connectivity index (χ3v) is 4.68. The number of hydrogen-bond acceptors (Lipinski definition) is 4. The van der Waals surface area contributed by atoms with E-state index in [-0.39, 0.29) is 24.4 Å². The number of carbonyl (C=O) groups excluding carboxylic acids is 1. The van der Waals surface area contributed by atoms with Crippen molar-refractivity contribution in [2.45, 2.75) is 13.0 Å². The molecule has 0 saturated carbocycles. The zero-order chi connectivity index (χ0) is 17.6. The number of amides is 1. The minimum Gasteiger partial charge on any atom is -0.384 e. The van der Waals surface area contributed by atoms with Gasteiger partial charge >= 0.3 is 0 Å². The van der Waals surface area contributed by atoms with Crippen LogP contribution in [0.1, 0.15) is 23.4 Å². The number of benzene rings is 2. The molecule has 0 aliphatic rings. The van der Waals surface area contributed by atoms with Crippen molar-refractivity contribution in [2.75, 3.05) is 6.61 Å². The van der Waals surface area contributed by atoms with Crippen molar-refractivity contribution in [2.24, 2.45) is 10.9 Å². The Balaban J connectivity index is 1.55. The highest BCUT2D eigenvalue weighted by Crippen LogP contribution is 2.20. The molecule has 0 bridgehead atoms. The van der Waals surface area contributed by atoms with Crippen LogP contribution < -0.4 is 11.1 Å². The van der Waals surface area contributed by atoms with Crippen LogP contribution in [0.5, 0.6) is 0 Å². The standard InChI is InChI=1S/C19H19N3O2S/c1-13(15-9-8-14-5-2-3-6-16(14)11-15)21-18(23)12-24-22-19(20)17-7-4-10-25-17/h2-11,13H,12H2,1H3,(H2,20,22)(H,21,23). The fraction of sp³-hybridized carbons (Fsp3) is 0.158. The van der Waals surface area contributed by atoms with Gasteiger partial charge in [0.2, 0.25) is 0 Å². The molecule has 0 aliphatic heterocycles. The van der Waals surface area contributed by atoms with Gasteiger partial charge in [-0.25, -0.2) is 0 Å². The first-order valence-electron chi connectivity index (χ1n) is 7.91. The monoisotopic (exact) mass is 353 g/mol. The Bertz CT molecular complexity index is 891. The zero-order valence-electron chi connectivity index (χ0n) is 13.8. The number of amidine groups is 1. The summed E-state index contributed by atoms with van der Waals surface area (Å²) in [6.07, 6.45) is 0. The van der Waals surface area contributed by atoms with Gasteiger partial charge in [-0.1, -0.05) is 47.6 Å². The molecule has 0 spiro atoms. The van der Waals surface area contributed by atoms with Gasteiger partial charge in [0.1, 0.15) is 0 Å². The lowest BCUT2D eigenvalue weighted by Gasteiger charge is -2.14. The molecule has 128 valence electrons. The van der Waals surface area contributed by atoms with Crippen LogP contribution in [0.25, 0.3) is 10.8 Å². The number of nitrogens with zero attached hydrogens (tertiary/aromatic N) is 1. The lowest BCUT2D eigenvalue weighted by Crippen LogP contribution is -2.30. The highest BCUT2D eigenvalue weighted by Gasteiger charge is 2.11. The van der Waals surface area contributed by atoms with E-state index >= 15 is 0 Å².